The predicted molar refractivity (Wildman–Crippen MR) is 71.2 cm³/mol. The standard InChI is InChI=1S/C12H19N3O2.ClH/c1-4-10-11(8(2)14-17-10)12(16)15(3)9-5-6-13-7-9;/h9,13H,4-7H2,1-3H3;1H. The zero-order valence-electron chi connectivity index (χ0n) is 11.0. The molecule has 1 amide bonds. The van der Waals surface area contributed by atoms with Gasteiger partial charge in [-0.15, -0.1) is 12.4 Å². The third-order valence-corrected chi connectivity index (χ3v) is 3.37. The van der Waals surface area contributed by atoms with Crippen molar-refractivity contribution in [2.45, 2.75) is 32.7 Å². The van der Waals surface area contributed by atoms with Gasteiger partial charge < -0.3 is 14.7 Å². The first-order valence-electron chi connectivity index (χ1n) is 6.08. The molecule has 0 aliphatic carbocycles. The Bertz CT molecular complexity index is 413. The minimum atomic E-state index is 0. The Labute approximate surface area is 113 Å². The number of likely N-dealkylation sites (N-methyl/N-ethyl adjacent to an activating group) is 1. The number of carbonyl (C=O) groups is 1. The van der Waals surface area contributed by atoms with Crippen molar-refractivity contribution in [2.75, 3.05) is 20.1 Å². The summed E-state index contributed by atoms with van der Waals surface area (Å²) in [6.07, 6.45) is 1.70. The van der Waals surface area contributed by atoms with Gasteiger partial charge in [-0.05, 0) is 19.9 Å². The third-order valence-electron chi connectivity index (χ3n) is 3.37. The second-order valence-corrected chi connectivity index (χ2v) is 4.48. The third kappa shape index (κ3) is 2.67. The lowest BCUT2D eigenvalue weighted by molar-refractivity contribution is 0.0741. The molecule has 18 heavy (non-hydrogen) atoms. The summed E-state index contributed by atoms with van der Waals surface area (Å²) in [5.41, 5.74) is 1.33. The number of amides is 1. The summed E-state index contributed by atoms with van der Waals surface area (Å²) < 4.78 is 5.17. The van der Waals surface area contributed by atoms with Crippen LogP contribution in [0.1, 0.15) is 35.2 Å². The van der Waals surface area contributed by atoms with E-state index in [1.54, 1.807) is 4.90 Å². The lowest BCUT2D eigenvalue weighted by Gasteiger charge is -2.23. The van der Waals surface area contributed by atoms with Crippen molar-refractivity contribution in [3.63, 3.8) is 0 Å². The summed E-state index contributed by atoms with van der Waals surface area (Å²) in [6.45, 7) is 5.63. The fourth-order valence-electron chi connectivity index (χ4n) is 2.24. The van der Waals surface area contributed by atoms with Crippen LogP contribution in [-0.2, 0) is 6.42 Å². The predicted octanol–water partition coefficient (Wildman–Crippen LogP) is 1.40. The molecular formula is C12H20ClN3O2. The second-order valence-electron chi connectivity index (χ2n) is 4.48. The molecule has 6 heteroatoms. The van der Waals surface area contributed by atoms with Crippen LogP contribution in [0, 0.1) is 6.92 Å². The van der Waals surface area contributed by atoms with Crippen LogP contribution in [0.25, 0.3) is 0 Å². The zero-order valence-corrected chi connectivity index (χ0v) is 11.8. The summed E-state index contributed by atoms with van der Waals surface area (Å²) in [5.74, 6) is 0.708. The highest BCUT2D eigenvalue weighted by Crippen LogP contribution is 2.18. The van der Waals surface area contributed by atoms with Crippen molar-refractivity contribution in [1.29, 1.82) is 0 Å². The lowest BCUT2D eigenvalue weighted by Crippen LogP contribution is -2.38. The topological polar surface area (TPSA) is 58.4 Å². The number of carbonyl (C=O) groups excluding carboxylic acids is 1. The number of hydrogen-bond acceptors (Lipinski definition) is 4. The van der Waals surface area contributed by atoms with Gasteiger partial charge >= 0.3 is 0 Å². The van der Waals surface area contributed by atoms with E-state index in [0.717, 1.165) is 19.5 Å². The summed E-state index contributed by atoms with van der Waals surface area (Å²) in [5, 5.41) is 7.14. The largest absolute Gasteiger partial charge is 0.360 e. The van der Waals surface area contributed by atoms with E-state index in [1.807, 2.05) is 20.9 Å². The smallest absolute Gasteiger partial charge is 0.259 e. The van der Waals surface area contributed by atoms with Crippen molar-refractivity contribution in [3.8, 4) is 0 Å². The molecule has 1 aromatic heterocycles. The molecule has 1 N–H and O–H groups in total. The Morgan fingerprint density at radius 2 is 2.33 bits per heavy atom. The Morgan fingerprint density at radius 3 is 2.89 bits per heavy atom. The summed E-state index contributed by atoms with van der Waals surface area (Å²) in [6, 6.07) is 0.279. The van der Waals surface area contributed by atoms with Crippen LogP contribution in [0.4, 0.5) is 0 Å². The van der Waals surface area contributed by atoms with E-state index in [9.17, 15) is 4.79 Å². The molecule has 2 rings (SSSR count). The molecule has 1 saturated heterocycles. The minimum absolute atomic E-state index is 0. The van der Waals surface area contributed by atoms with Crippen molar-refractivity contribution < 1.29 is 9.32 Å². The van der Waals surface area contributed by atoms with Gasteiger partial charge in [0.05, 0.1) is 5.69 Å². The van der Waals surface area contributed by atoms with E-state index in [-0.39, 0.29) is 24.4 Å². The number of nitrogens with zero attached hydrogens (tertiary/aromatic N) is 2. The second kappa shape index (κ2) is 6.20. The van der Waals surface area contributed by atoms with Crippen molar-refractivity contribution >= 4 is 18.3 Å². The maximum Gasteiger partial charge on any atom is 0.259 e. The van der Waals surface area contributed by atoms with E-state index in [0.29, 0.717) is 23.4 Å². The van der Waals surface area contributed by atoms with E-state index in [1.165, 1.54) is 0 Å². The first-order valence-corrected chi connectivity index (χ1v) is 6.08. The Morgan fingerprint density at radius 1 is 1.61 bits per heavy atom. The number of aryl methyl sites for hydroxylation is 2. The van der Waals surface area contributed by atoms with Gasteiger partial charge in [0, 0.05) is 26.1 Å². The minimum Gasteiger partial charge on any atom is -0.360 e. The highest BCUT2D eigenvalue weighted by atomic mass is 35.5. The molecule has 2 heterocycles. The van der Waals surface area contributed by atoms with Gasteiger partial charge in [-0.1, -0.05) is 12.1 Å². The molecule has 0 radical (unpaired) electrons. The average molecular weight is 274 g/mol. The number of aromatic nitrogens is 1. The number of halogens is 1. The van der Waals surface area contributed by atoms with Gasteiger partial charge in [-0.3, -0.25) is 4.79 Å². The molecule has 1 aliphatic rings. The Balaban J connectivity index is 0.00000162. The quantitative estimate of drug-likeness (QED) is 0.904. The summed E-state index contributed by atoms with van der Waals surface area (Å²) >= 11 is 0. The number of hydrogen-bond donors (Lipinski definition) is 1. The normalized spacial score (nSPS) is 18.5. The maximum absolute atomic E-state index is 12.4. The van der Waals surface area contributed by atoms with Gasteiger partial charge in [-0.2, -0.15) is 0 Å². The van der Waals surface area contributed by atoms with Crippen LogP contribution in [0.3, 0.4) is 0 Å². The van der Waals surface area contributed by atoms with Crippen LogP contribution in [0.15, 0.2) is 4.52 Å². The van der Waals surface area contributed by atoms with Crippen LogP contribution in [0.5, 0.6) is 0 Å². The van der Waals surface area contributed by atoms with E-state index in [4.69, 9.17) is 4.52 Å². The Hall–Kier alpha value is -1.07. The molecular weight excluding hydrogens is 254 g/mol. The first-order chi connectivity index (χ1) is 8.15. The van der Waals surface area contributed by atoms with E-state index < -0.39 is 0 Å². The van der Waals surface area contributed by atoms with Gasteiger partial charge in [0.2, 0.25) is 0 Å². The van der Waals surface area contributed by atoms with E-state index in [2.05, 4.69) is 10.5 Å². The summed E-state index contributed by atoms with van der Waals surface area (Å²) in [7, 11) is 1.85. The molecule has 1 unspecified atom stereocenters. The molecule has 0 bridgehead atoms. The number of rotatable bonds is 3. The fourth-order valence-corrected chi connectivity index (χ4v) is 2.24. The molecule has 0 aromatic carbocycles. The van der Waals surface area contributed by atoms with Crippen LogP contribution in [-0.4, -0.2) is 42.1 Å². The van der Waals surface area contributed by atoms with Crippen LogP contribution in [0.2, 0.25) is 0 Å². The molecule has 5 nitrogen and oxygen atoms in total. The van der Waals surface area contributed by atoms with Gasteiger partial charge in [0.1, 0.15) is 11.3 Å². The molecule has 1 atom stereocenters. The molecule has 102 valence electrons. The zero-order chi connectivity index (χ0) is 12.4. The Kier molecular flexibility index (Phi) is 5.16. The SMILES string of the molecule is CCc1onc(C)c1C(=O)N(C)C1CCNC1.Cl. The molecule has 1 fully saturated rings. The van der Waals surface area contributed by atoms with E-state index >= 15 is 0 Å². The highest BCUT2D eigenvalue weighted by Gasteiger charge is 2.28. The average Bonchev–Trinajstić information content (AvgIpc) is 2.96. The monoisotopic (exact) mass is 273 g/mol. The van der Waals surface area contributed by atoms with Crippen molar-refractivity contribution in [1.82, 2.24) is 15.4 Å². The molecule has 1 aliphatic heterocycles. The number of nitrogens with one attached hydrogen (secondary N) is 1. The summed E-state index contributed by atoms with van der Waals surface area (Å²) in [4.78, 5) is 14.2. The molecule has 1 aromatic rings. The molecule has 0 saturated carbocycles. The fraction of sp³-hybridized carbons (Fsp3) is 0.667. The maximum atomic E-state index is 12.4. The van der Waals surface area contributed by atoms with Crippen LogP contribution < -0.4 is 5.32 Å². The molecule has 0 spiro atoms. The van der Waals surface area contributed by atoms with Gasteiger partial charge in [0.15, 0.2) is 0 Å². The van der Waals surface area contributed by atoms with Crippen LogP contribution >= 0.6 is 12.4 Å². The highest BCUT2D eigenvalue weighted by molar-refractivity contribution is 5.96. The lowest BCUT2D eigenvalue weighted by atomic mass is 10.1. The van der Waals surface area contributed by atoms with Crippen molar-refractivity contribution in [2.24, 2.45) is 0 Å². The van der Waals surface area contributed by atoms with Gasteiger partial charge in [0.25, 0.3) is 5.91 Å². The van der Waals surface area contributed by atoms with Gasteiger partial charge in [-0.25, -0.2) is 0 Å². The van der Waals surface area contributed by atoms with Crippen molar-refractivity contribution in [3.05, 3.63) is 17.0 Å². The first kappa shape index (κ1) is 15.0.